The minimum absolute atomic E-state index is 0.0366. The summed E-state index contributed by atoms with van der Waals surface area (Å²) >= 11 is 0. The van der Waals surface area contributed by atoms with Crippen molar-refractivity contribution < 1.29 is 4.79 Å². The molecule has 0 spiro atoms. The van der Waals surface area contributed by atoms with Crippen molar-refractivity contribution in [2.75, 3.05) is 11.4 Å². The summed E-state index contributed by atoms with van der Waals surface area (Å²) in [6, 6.07) is 8.86. The third-order valence-corrected chi connectivity index (χ3v) is 4.99. The molecule has 0 aromatic heterocycles. The van der Waals surface area contributed by atoms with Crippen molar-refractivity contribution in [3.63, 3.8) is 0 Å². The fourth-order valence-electron chi connectivity index (χ4n) is 3.93. The van der Waals surface area contributed by atoms with Gasteiger partial charge in [0.25, 0.3) is 0 Å². The van der Waals surface area contributed by atoms with Crippen LogP contribution in [0.15, 0.2) is 24.3 Å². The number of benzene rings is 1. The summed E-state index contributed by atoms with van der Waals surface area (Å²) in [5.74, 6) is 0.417. The molecule has 3 unspecified atom stereocenters. The van der Waals surface area contributed by atoms with Crippen molar-refractivity contribution in [1.29, 1.82) is 0 Å². The largest absolute Gasteiger partial charge is 0.338 e. The summed E-state index contributed by atoms with van der Waals surface area (Å²) in [4.78, 5) is 14.6. The van der Waals surface area contributed by atoms with Crippen LogP contribution in [0.4, 0.5) is 5.69 Å². The molecule has 0 radical (unpaired) electrons. The van der Waals surface area contributed by atoms with Crippen LogP contribution in [0.25, 0.3) is 0 Å². The topological polar surface area (TPSA) is 44.4 Å². The van der Waals surface area contributed by atoms with Gasteiger partial charge in [-0.25, -0.2) is 0 Å². The number of anilines is 1. The number of fused-ring (bicyclic) bond motifs is 2. The van der Waals surface area contributed by atoms with Gasteiger partial charge >= 0.3 is 0 Å². The highest BCUT2D eigenvalue weighted by atomic mass is 16.2. The average molecular weight is 271 g/mol. The first-order valence-corrected chi connectivity index (χ1v) is 7.74. The third kappa shape index (κ3) is 1.90. The molecule has 4 rings (SSSR count). The van der Waals surface area contributed by atoms with Gasteiger partial charge in [-0.3, -0.25) is 10.1 Å². The van der Waals surface area contributed by atoms with Gasteiger partial charge in [-0.1, -0.05) is 31.0 Å². The molecule has 3 aliphatic rings. The van der Waals surface area contributed by atoms with Crippen molar-refractivity contribution >= 4 is 11.6 Å². The van der Waals surface area contributed by atoms with Crippen LogP contribution in [-0.2, 0) is 11.2 Å². The lowest BCUT2D eigenvalue weighted by molar-refractivity contribution is -0.130. The molecule has 2 fully saturated rings. The van der Waals surface area contributed by atoms with Gasteiger partial charge in [-0.2, -0.15) is 0 Å². The van der Waals surface area contributed by atoms with Gasteiger partial charge in [-0.15, -0.1) is 0 Å². The quantitative estimate of drug-likeness (QED) is 0.815. The lowest BCUT2D eigenvalue weighted by Gasteiger charge is -2.43. The van der Waals surface area contributed by atoms with Gasteiger partial charge < -0.3 is 10.2 Å². The van der Waals surface area contributed by atoms with E-state index in [0.29, 0.717) is 6.04 Å². The van der Waals surface area contributed by atoms with Gasteiger partial charge in [0.05, 0.1) is 5.92 Å². The first kappa shape index (κ1) is 12.2. The average Bonchev–Trinajstić information content (AvgIpc) is 2.91. The molecule has 3 atom stereocenters. The zero-order chi connectivity index (χ0) is 13.5. The van der Waals surface area contributed by atoms with Crippen LogP contribution in [0.5, 0.6) is 0 Å². The van der Waals surface area contributed by atoms with Crippen LogP contribution in [0.1, 0.15) is 31.2 Å². The molecule has 2 N–H and O–H groups in total. The van der Waals surface area contributed by atoms with E-state index in [0.717, 1.165) is 25.8 Å². The molecule has 1 saturated carbocycles. The van der Waals surface area contributed by atoms with E-state index in [1.807, 2.05) is 0 Å². The lowest BCUT2D eigenvalue weighted by atomic mass is 9.82. The highest BCUT2D eigenvalue weighted by Crippen LogP contribution is 2.32. The summed E-state index contributed by atoms with van der Waals surface area (Å²) in [6.45, 7) is 0.981. The van der Waals surface area contributed by atoms with E-state index in [9.17, 15) is 4.79 Å². The molecule has 20 heavy (non-hydrogen) atoms. The second kappa shape index (κ2) is 4.77. The summed E-state index contributed by atoms with van der Waals surface area (Å²) in [5, 5.41) is 6.84. The van der Waals surface area contributed by atoms with Crippen molar-refractivity contribution in [1.82, 2.24) is 10.6 Å². The maximum atomic E-state index is 12.3. The number of para-hydroxylation sites is 1. The molecule has 1 aromatic rings. The number of carbonyl (C=O) groups excluding carboxylic acids is 1. The first-order chi connectivity index (χ1) is 9.83. The van der Waals surface area contributed by atoms with Crippen molar-refractivity contribution in [2.24, 2.45) is 5.92 Å². The van der Waals surface area contributed by atoms with Crippen molar-refractivity contribution in [3.05, 3.63) is 29.8 Å². The molecule has 2 heterocycles. The molecular weight excluding hydrogens is 250 g/mol. The summed E-state index contributed by atoms with van der Waals surface area (Å²) in [7, 11) is 0. The smallest absolute Gasteiger partial charge is 0.227 e. The Morgan fingerprint density at radius 2 is 2.00 bits per heavy atom. The summed E-state index contributed by atoms with van der Waals surface area (Å²) in [5.41, 5.74) is 2.65. The van der Waals surface area contributed by atoms with Crippen LogP contribution in [0.2, 0.25) is 0 Å². The lowest BCUT2D eigenvalue weighted by Crippen LogP contribution is -2.67. The van der Waals surface area contributed by atoms with E-state index in [4.69, 9.17) is 0 Å². The highest BCUT2D eigenvalue weighted by molar-refractivity contribution is 5.81. The number of hydrogen-bond donors (Lipinski definition) is 2. The zero-order valence-electron chi connectivity index (χ0n) is 11.6. The maximum Gasteiger partial charge on any atom is 0.227 e. The van der Waals surface area contributed by atoms with Gasteiger partial charge in [0.2, 0.25) is 5.91 Å². The Morgan fingerprint density at radius 1 is 1.15 bits per heavy atom. The minimum Gasteiger partial charge on any atom is -0.338 e. The number of carbonyl (C=O) groups is 1. The van der Waals surface area contributed by atoms with E-state index < -0.39 is 0 Å². The number of rotatable bonds is 1. The Bertz CT molecular complexity index is 530. The maximum absolute atomic E-state index is 12.3. The molecule has 1 aliphatic carbocycles. The Morgan fingerprint density at radius 3 is 2.95 bits per heavy atom. The van der Waals surface area contributed by atoms with Crippen LogP contribution >= 0.6 is 0 Å². The van der Waals surface area contributed by atoms with E-state index >= 15 is 0 Å². The second-order valence-electron chi connectivity index (χ2n) is 6.15. The standard InChI is InChI=1S/C16H21N3O/c20-15-12-6-2-3-7-13(12)17-16(18-15)19-10-9-11-5-1-4-8-14(11)19/h1,4-5,8,12-13,16-17H,2-3,6-7,9-10H2,(H,18,20). The molecule has 106 valence electrons. The molecule has 1 saturated heterocycles. The molecule has 4 heteroatoms. The number of nitrogens with one attached hydrogen (secondary N) is 2. The molecule has 1 aromatic carbocycles. The number of hydrogen-bond acceptors (Lipinski definition) is 3. The zero-order valence-corrected chi connectivity index (χ0v) is 11.6. The van der Waals surface area contributed by atoms with Gasteiger partial charge in [0.1, 0.15) is 0 Å². The van der Waals surface area contributed by atoms with E-state index in [-0.39, 0.29) is 18.1 Å². The molecular formula is C16H21N3O. The minimum atomic E-state index is -0.0366. The van der Waals surface area contributed by atoms with Crippen molar-refractivity contribution in [2.45, 2.75) is 44.4 Å². The van der Waals surface area contributed by atoms with Gasteiger partial charge in [-0.05, 0) is 30.9 Å². The summed E-state index contributed by atoms with van der Waals surface area (Å²) < 4.78 is 0. The van der Waals surface area contributed by atoms with Crippen LogP contribution in [0.3, 0.4) is 0 Å². The third-order valence-electron chi connectivity index (χ3n) is 4.99. The Hall–Kier alpha value is -1.55. The van der Waals surface area contributed by atoms with E-state index in [2.05, 4.69) is 39.8 Å². The number of nitrogens with zero attached hydrogens (tertiary/aromatic N) is 1. The highest BCUT2D eigenvalue weighted by Gasteiger charge is 2.40. The molecule has 2 aliphatic heterocycles. The Labute approximate surface area is 119 Å². The predicted molar refractivity (Wildman–Crippen MR) is 78.3 cm³/mol. The molecule has 4 nitrogen and oxygen atoms in total. The monoisotopic (exact) mass is 271 g/mol. The predicted octanol–water partition coefficient (Wildman–Crippen LogP) is 1.61. The van der Waals surface area contributed by atoms with Gasteiger partial charge in [0, 0.05) is 18.3 Å². The summed E-state index contributed by atoms with van der Waals surface area (Å²) in [6.07, 6.45) is 5.62. The van der Waals surface area contributed by atoms with Crippen LogP contribution in [0, 0.1) is 5.92 Å². The SMILES string of the molecule is O=C1NC(N2CCc3ccccc32)NC2CCCCC12. The molecule has 0 bridgehead atoms. The van der Waals surface area contributed by atoms with Crippen LogP contribution in [-0.4, -0.2) is 24.8 Å². The second-order valence-corrected chi connectivity index (χ2v) is 6.15. The van der Waals surface area contributed by atoms with E-state index in [1.54, 1.807) is 0 Å². The van der Waals surface area contributed by atoms with Crippen molar-refractivity contribution in [3.8, 4) is 0 Å². The fraction of sp³-hybridized carbons (Fsp3) is 0.562. The number of amides is 1. The Kier molecular flexibility index (Phi) is 2.91. The van der Waals surface area contributed by atoms with Crippen LogP contribution < -0.4 is 15.5 Å². The normalized spacial score (nSPS) is 32.5. The Balaban J connectivity index is 1.57. The molecule has 1 amide bonds. The van der Waals surface area contributed by atoms with E-state index in [1.165, 1.54) is 24.1 Å². The first-order valence-electron chi connectivity index (χ1n) is 7.74. The fourth-order valence-corrected chi connectivity index (χ4v) is 3.93. The van der Waals surface area contributed by atoms with Gasteiger partial charge in [0.15, 0.2) is 6.29 Å².